The fraction of sp³-hybridized carbons (Fsp3) is 0.250. The molecule has 1 aliphatic rings. The zero-order valence-electron chi connectivity index (χ0n) is 15.8. The number of hydrogen-bond donors (Lipinski definition) is 0. The van der Waals surface area contributed by atoms with Crippen molar-refractivity contribution in [2.45, 2.75) is 20.8 Å². The van der Waals surface area contributed by atoms with Crippen molar-refractivity contribution >= 4 is 57.8 Å². The van der Waals surface area contributed by atoms with Crippen molar-refractivity contribution in [3.63, 3.8) is 0 Å². The van der Waals surface area contributed by atoms with Crippen LogP contribution in [-0.4, -0.2) is 45.4 Å². The molecule has 7 heteroatoms. The van der Waals surface area contributed by atoms with Crippen LogP contribution in [0.15, 0.2) is 29.8 Å². The Balaban J connectivity index is 2.10. The number of amides is 2. The SMILES string of the molecule is Cc1cc(-n2c(C)cc(C=C3C(=O)N(C)C(=S)N(C)C3=O)c2C)ccc1I. The molecular formula is C20H20IN3O2S. The summed E-state index contributed by atoms with van der Waals surface area (Å²) in [6.07, 6.45) is 1.66. The third-order valence-electron chi connectivity index (χ3n) is 4.81. The highest BCUT2D eigenvalue weighted by Gasteiger charge is 2.35. The van der Waals surface area contributed by atoms with Crippen molar-refractivity contribution in [1.82, 2.24) is 14.4 Å². The molecule has 1 aromatic heterocycles. The molecule has 0 bridgehead atoms. The second kappa shape index (κ2) is 7.20. The topological polar surface area (TPSA) is 45.6 Å². The highest BCUT2D eigenvalue weighted by Crippen LogP contribution is 2.26. The Hall–Kier alpha value is -2.00. The van der Waals surface area contributed by atoms with Gasteiger partial charge in [-0.1, -0.05) is 0 Å². The highest BCUT2D eigenvalue weighted by molar-refractivity contribution is 14.1. The van der Waals surface area contributed by atoms with Crippen LogP contribution < -0.4 is 0 Å². The summed E-state index contributed by atoms with van der Waals surface area (Å²) in [6.45, 7) is 6.08. The van der Waals surface area contributed by atoms with Gasteiger partial charge in [0.25, 0.3) is 11.8 Å². The van der Waals surface area contributed by atoms with Crippen LogP contribution in [0, 0.1) is 24.3 Å². The Morgan fingerprint density at radius 3 is 2.15 bits per heavy atom. The lowest BCUT2D eigenvalue weighted by Crippen LogP contribution is -2.52. The van der Waals surface area contributed by atoms with E-state index in [-0.39, 0.29) is 22.5 Å². The van der Waals surface area contributed by atoms with Crippen molar-refractivity contribution in [1.29, 1.82) is 0 Å². The Morgan fingerprint density at radius 2 is 1.59 bits per heavy atom. The van der Waals surface area contributed by atoms with Crippen LogP contribution in [0.3, 0.4) is 0 Å². The minimum absolute atomic E-state index is 0.118. The van der Waals surface area contributed by atoms with Crippen LogP contribution in [0.25, 0.3) is 11.8 Å². The van der Waals surface area contributed by atoms with Crippen LogP contribution in [0.2, 0.25) is 0 Å². The number of aryl methyl sites for hydroxylation is 2. The van der Waals surface area contributed by atoms with Crippen LogP contribution in [0.1, 0.15) is 22.5 Å². The molecule has 0 spiro atoms. The minimum Gasteiger partial charge on any atom is -0.318 e. The fourth-order valence-corrected chi connectivity index (χ4v) is 3.73. The van der Waals surface area contributed by atoms with E-state index in [4.69, 9.17) is 12.2 Å². The highest BCUT2D eigenvalue weighted by atomic mass is 127. The molecular weight excluding hydrogens is 473 g/mol. The summed E-state index contributed by atoms with van der Waals surface area (Å²) in [6, 6.07) is 8.28. The Morgan fingerprint density at radius 1 is 1.00 bits per heavy atom. The molecule has 2 heterocycles. The Labute approximate surface area is 177 Å². The molecule has 0 N–H and O–H groups in total. The number of nitrogens with zero attached hydrogens (tertiary/aromatic N) is 3. The van der Waals surface area contributed by atoms with E-state index in [9.17, 15) is 9.59 Å². The van der Waals surface area contributed by atoms with Gasteiger partial charge in [-0.25, -0.2) is 0 Å². The predicted molar refractivity (Wildman–Crippen MR) is 119 cm³/mol. The van der Waals surface area contributed by atoms with E-state index in [2.05, 4.69) is 52.3 Å². The van der Waals surface area contributed by atoms with Gasteiger partial charge >= 0.3 is 0 Å². The number of rotatable bonds is 2. The Bertz CT molecular complexity index is 996. The van der Waals surface area contributed by atoms with Crippen LogP contribution in [0.4, 0.5) is 0 Å². The van der Waals surface area contributed by atoms with Crippen molar-refractivity contribution < 1.29 is 9.59 Å². The van der Waals surface area contributed by atoms with Gasteiger partial charge in [-0.3, -0.25) is 19.4 Å². The molecule has 1 fully saturated rings. The predicted octanol–water partition coefficient (Wildman–Crippen LogP) is 3.61. The molecule has 27 heavy (non-hydrogen) atoms. The van der Waals surface area contributed by atoms with Gasteiger partial charge in [-0.15, -0.1) is 0 Å². The van der Waals surface area contributed by atoms with Gasteiger partial charge in [0, 0.05) is 34.7 Å². The van der Waals surface area contributed by atoms with Gasteiger partial charge in [0.2, 0.25) is 0 Å². The first-order chi connectivity index (χ1) is 12.6. The number of likely N-dealkylation sites (N-methyl/N-ethyl adjacent to an activating group) is 2. The first-order valence-corrected chi connectivity index (χ1v) is 9.89. The first kappa shape index (κ1) is 19.8. The van der Waals surface area contributed by atoms with Crippen molar-refractivity contribution in [2.75, 3.05) is 14.1 Å². The van der Waals surface area contributed by atoms with E-state index in [1.807, 2.05) is 19.9 Å². The molecule has 1 aliphatic heterocycles. The monoisotopic (exact) mass is 493 g/mol. The lowest BCUT2D eigenvalue weighted by molar-refractivity contribution is -0.132. The summed E-state index contributed by atoms with van der Waals surface area (Å²) < 4.78 is 3.34. The van der Waals surface area contributed by atoms with Gasteiger partial charge < -0.3 is 4.57 Å². The number of hydrogen-bond acceptors (Lipinski definition) is 3. The lowest BCUT2D eigenvalue weighted by atomic mass is 10.1. The van der Waals surface area contributed by atoms with Crippen molar-refractivity contribution in [3.05, 3.63) is 55.9 Å². The first-order valence-electron chi connectivity index (χ1n) is 8.40. The van der Waals surface area contributed by atoms with E-state index < -0.39 is 0 Å². The third kappa shape index (κ3) is 3.34. The van der Waals surface area contributed by atoms with E-state index in [0.717, 1.165) is 22.6 Å². The molecule has 0 atom stereocenters. The summed E-state index contributed by atoms with van der Waals surface area (Å²) in [5, 5.41) is 0.210. The molecule has 1 aromatic carbocycles. The molecule has 0 saturated carbocycles. The number of thiocarbonyl (C=S) groups is 1. The molecule has 0 aliphatic carbocycles. The normalized spacial score (nSPS) is 15.0. The van der Waals surface area contributed by atoms with Gasteiger partial charge in [0.15, 0.2) is 5.11 Å². The standard InChI is InChI=1S/C20H20IN3O2S/c1-11-8-15(6-7-17(11)21)24-12(2)9-14(13(24)3)10-16-18(25)22(4)20(27)23(5)19(16)26/h6-10H,1-5H3. The second-order valence-corrected chi connectivity index (χ2v) is 8.19. The molecule has 2 aromatic rings. The molecule has 5 nitrogen and oxygen atoms in total. The molecule has 2 amide bonds. The fourth-order valence-electron chi connectivity index (χ4n) is 3.23. The summed E-state index contributed by atoms with van der Waals surface area (Å²) >= 11 is 7.45. The van der Waals surface area contributed by atoms with E-state index in [0.29, 0.717) is 0 Å². The van der Waals surface area contributed by atoms with E-state index in [1.54, 1.807) is 20.2 Å². The molecule has 1 saturated heterocycles. The zero-order valence-corrected chi connectivity index (χ0v) is 18.8. The number of halogens is 1. The second-order valence-electron chi connectivity index (χ2n) is 6.66. The van der Waals surface area contributed by atoms with Gasteiger partial charge in [0.1, 0.15) is 5.57 Å². The minimum atomic E-state index is -0.377. The van der Waals surface area contributed by atoms with Crippen molar-refractivity contribution in [3.8, 4) is 5.69 Å². The maximum Gasteiger partial charge on any atom is 0.265 e. The molecule has 0 radical (unpaired) electrons. The average Bonchev–Trinajstić information content (AvgIpc) is 2.91. The molecule has 3 rings (SSSR count). The summed E-state index contributed by atoms with van der Waals surface area (Å²) in [4.78, 5) is 27.8. The van der Waals surface area contributed by atoms with Crippen molar-refractivity contribution in [2.24, 2.45) is 0 Å². The maximum absolute atomic E-state index is 12.6. The molecule has 0 unspecified atom stereocenters. The quantitative estimate of drug-likeness (QED) is 0.278. The van der Waals surface area contributed by atoms with Crippen LogP contribution >= 0.6 is 34.8 Å². The summed E-state index contributed by atoms with van der Waals surface area (Å²) in [5.74, 6) is -0.754. The smallest absolute Gasteiger partial charge is 0.265 e. The third-order valence-corrected chi connectivity index (χ3v) is 6.57. The zero-order chi connectivity index (χ0) is 20.0. The van der Waals surface area contributed by atoms with Crippen LogP contribution in [-0.2, 0) is 9.59 Å². The number of carbonyl (C=O) groups excluding carboxylic acids is 2. The van der Waals surface area contributed by atoms with E-state index >= 15 is 0 Å². The summed E-state index contributed by atoms with van der Waals surface area (Å²) in [7, 11) is 3.16. The summed E-state index contributed by atoms with van der Waals surface area (Å²) in [5.41, 5.74) is 5.23. The number of carbonyl (C=O) groups is 2. The molecule has 140 valence electrons. The van der Waals surface area contributed by atoms with Gasteiger partial charge in [0.05, 0.1) is 0 Å². The maximum atomic E-state index is 12.6. The average molecular weight is 493 g/mol. The largest absolute Gasteiger partial charge is 0.318 e. The lowest BCUT2D eigenvalue weighted by Gasteiger charge is -2.31. The number of aromatic nitrogens is 1. The number of benzene rings is 1. The van der Waals surface area contributed by atoms with Gasteiger partial charge in [-0.05, 0) is 97.0 Å². The van der Waals surface area contributed by atoms with E-state index in [1.165, 1.54) is 18.9 Å². The van der Waals surface area contributed by atoms with Crippen LogP contribution in [0.5, 0.6) is 0 Å². The Kier molecular flexibility index (Phi) is 5.27. The van der Waals surface area contributed by atoms with Gasteiger partial charge in [-0.2, -0.15) is 0 Å².